The fraction of sp³-hybridized carbons (Fsp3) is 0.391. The fourth-order valence-electron chi connectivity index (χ4n) is 4.76. The zero-order valence-electron chi connectivity index (χ0n) is 19.7. The summed E-state index contributed by atoms with van der Waals surface area (Å²) in [5.41, 5.74) is 10.9. The van der Waals surface area contributed by atoms with Crippen molar-refractivity contribution in [2.75, 3.05) is 43.1 Å². The minimum Gasteiger partial charge on any atom is -0.382 e. The molecule has 1 atom stereocenters. The summed E-state index contributed by atoms with van der Waals surface area (Å²) in [5.74, 6) is 0.225. The molecule has 0 spiro atoms. The molecule has 3 aromatic rings. The van der Waals surface area contributed by atoms with Gasteiger partial charge in [0.25, 0.3) is 5.91 Å². The van der Waals surface area contributed by atoms with Crippen LogP contribution in [0.3, 0.4) is 0 Å². The Bertz CT molecular complexity index is 1430. The number of aryl methyl sites for hydroxylation is 1. The molecule has 2 aliphatic heterocycles. The first-order chi connectivity index (χ1) is 16.7. The third-order valence-corrected chi connectivity index (χ3v) is 7.72. The van der Waals surface area contributed by atoms with Crippen LogP contribution in [-0.4, -0.2) is 76.7 Å². The number of sulfonamides is 1. The van der Waals surface area contributed by atoms with Crippen molar-refractivity contribution in [2.45, 2.75) is 25.8 Å². The summed E-state index contributed by atoms with van der Waals surface area (Å²) >= 11 is 0. The average Bonchev–Trinajstić information content (AvgIpc) is 3.45. The molecular weight excluding hydrogens is 468 g/mol. The Hall–Kier alpha value is -3.51. The second-order valence-corrected chi connectivity index (χ2v) is 11.0. The molecule has 0 bridgehead atoms. The van der Waals surface area contributed by atoms with Crippen LogP contribution in [0.15, 0.2) is 36.8 Å². The van der Waals surface area contributed by atoms with Gasteiger partial charge in [0.1, 0.15) is 11.8 Å². The summed E-state index contributed by atoms with van der Waals surface area (Å²) in [4.78, 5) is 23.3. The number of aromatic nitrogens is 4. The van der Waals surface area contributed by atoms with Gasteiger partial charge in [-0.15, -0.1) is 0 Å². The van der Waals surface area contributed by atoms with Gasteiger partial charge in [0.05, 0.1) is 17.6 Å². The molecule has 11 nitrogen and oxygen atoms in total. The van der Waals surface area contributed by atoms with E-state index in [2.05, 4.69) is 25.3 Å². The number of amides is 1. The molecule has 3 N–H and O–H groups in total. The zero-order chi connectivity index (χ0) is 24.7. The van der Waals surface area contributed by atoms with E-state index in [4.69, 9.17) is 5.73 Å². The molecule has 0 unspecified atom stereocenters. The van der Waals surface area contributed by atoms with Gasteiger partial charge in [-0.25, -0.2) is 17.9 Å². The van der Waals surface area contributed by atoms with E-state index < -0.39 is 10.0 Å². The molecular formula is C23H28N8O3S. The third kappa shape index (κ3) is 4.58. The van der Waals surface area contributed by atoms with Crippen LogP contribution in [0.5, 0.6) is 0 Å². The van der Waals surface area contributed by atoms with Crippen molar-refractivity contribution < 1.29 is 13.2 Å². The summed E-state index contributed by atoms with van der Waals surface area (Å²) in [6.45, 7) is 3.86. The predicted octanol–water partition coefficient (Wildman–Crippen LogP) is 1.07. The van der Waals surface area contributed by atoms with Gasteiger partial charge in [0, 0.05) is 49.7 Å². The van der Waals surface area contributed by atoms with Crippen molar-refractivity contribution in [3.63, 3.8) is 0 Å². The molecule has 12 heteroatoms. The second-order valence-electron chi connectivity index (χ2n) is 9.05. The first kappa shape index (κ1) is 23.2. The number of hydrogen-bond donors (Lipinski definition) is 2. The maximum atomic E-state index is 12.8. The number of nitrogens with two attached hydrogens (primary N) is 1. The molecule has 35 heavy (non-hydrogen) atoms. The number of nitrogens with zero attached hydrogens (tertiary/aromatic N) is 6. The molecule has 5 heterocycles. The van der Waals surface area contributed by atoms with Crippen LogP contribution in [0.1, 0.15) is 34.6 Å². The van der Waals surface area contributed by atoms with E-state index >= 15 is 0 Å². The molecule has 1 amide bonds. The van der Waals surface area contributed by atoms with E-state index in [1.165, 1.54) is 16.9 Å². The van der Waals surface area contributed by atoms with Crippen LogP contribution in [0.4, 0.5) is 11.5 Å². The molecule has 0 saturated carbocycles. The normalized spacial score (nSPS) is 19.2. The van der Waals surface area contributed by atoms with Crippen molar-refractivity contribution in [3.05, 3.63) is 53.8 Å². The van der Waals surface area contributed by atoms with Crippen LogP contribution in [0, 0.1) is 6.92 Å². The number of nitrogens with one attached hydrogen (secondary N) is 1. The summed E-state index contributed by atoms with van der Waals surface area (Å²) in [7, 11) is -3.30. The lowest BCUT2D eigenvalue weighted by atomic mass is 10.0. The predicted molar refractivity (Wildman–Crippen MR) is 133 cm³/mol. The summed E-state index contributed by atoms with van der Waals surface area (Å²) in [5, 5.41) is 7.57. The van der Waals surface area contributed by atoms with Crippen molar-refractivity contribution >= 4 is 38.5 Å². The number of piperidine rings is 1. The Morgan fingerprint density at radius 1 is 1.26 bits per heavy atom. The van der Waals surface area contributed by atoms with Crippen LogP contribution >= 0.6 is 0 Å². The monoisotopic (exact) mass is 496 g/mol. The van der Waals surface area contributed by atoms with Crippen molar-refractivity contribution in [1.29, 1.82) is 0 Å². The van der Waals surface area contributed by atoms with E-state index in [9.17, 15) is 13.2 Å². The van der Waals surface area contributed by atoms with Crippen molar-refractivity contribution in [3.8, 4) is 0 Å². The van der Waals surface area contributed by atoms with Crippen LogP contribution in [-0.2, 0) is 10.0 Å². The highest BCUT2D eigenvalue weighted by Gasteiger charge is 2.29. The number of pyridine rings is 1. The zero-order valence-corrected chi connectivity index (χ0v) is 20.5. The van der Waals surface area contributed by atoms with Gasteiger partial charge in [-0.05, 0) is 43.5 Å². The van der Waals surface area contributed by atoms with Gasteiger partial charge in [-0.3, -0.25) is 9.78 Å². The SMILES string of the molecule is Cc1cc(C(=O)N[C@@H]2CCCN(c3cc(C4=CCN(S(C)(=O)=O)C4)n4ncnc(N)c34)C2)ccn1. The molecule has 5 rings (SSSR count). The number of hydrogen-bond acceptors (Lipinski definition) is 8. The smallest absolute Gasteiger partial charge is 0.251 e. The molecule has 2 aliphatic rings. The first-order valence-electron chi connectivity index (χ1n) is 11.5. The minimum atomic E-state index is -3.30. The van der Waals surface area contributed by atoms with E-state index in [1.807, 2.05) is 19.1 Å². The van der Waals surface area contributed by atoms with Crippen molar-refractivity contribution in [2.24, 2.45) is 0 Å². The highest BCUT2D eigenvalue weighted by Crippen LogP contribution is 2.35. The topological polar surface area (TPSA) is 139 Å². The van der Waals surface area contributed by atoms with Crippen LogP contribution in [0.2, 0.25) is 0 Å². The fourth-order valence-corrected chi connectivity index (χ4v) is 5.48. The molecule has 1 fully saturated rings. The first-order valence-corrected chi connectivity index (χ1v) is 13.3. The Morgan fingerprint density at radius 2 is 2.09 bits per heavy atom. The van der Waals surface area contributed by atoms with Gasteiger partial charge in [-0.1, -0.05) is 6.08 Å². The lowest BCUT2D eigenvalue weighted by Crippen LogP contribution is -2.47. The maximum Gasteiger partial charge on any atom is 0.251 e. The van der Waals surface area contributed by atoms with Gasteiger partial charge in [0.15, 0.2) is 5.82 Å². The van der Waals surface area contributed by atoms with E-state index in [1.54, 1.807) is 22.8 Å². The lowest BCUT2D eigenvalue weighted by molar-refractivity contribution is 0.0933. The second kappa shape index (κ2) is 8.93. The molecule has 184 valence electrons. The quantitative estimate of drug-likeness (QED) is 0.535. The Labute approximate surface area is 203 Å². The number of rotatable bonds is 5. The van der Waals surface area contributed by atoms with Crippen LogP contribution in [0.25, 0.3) is 11.1 Å². The Morgan fingerprint density at radius 3 is 2.83 bits per heavy atom. The maximum absolute atomic E-state index is 12.8. The van der Waals surface area contributed by atoms with Crippen LogP contribution < -0.4 is 16.0 Å². The summed E-state index contributed by atoms with van der Waals surface area (Å²) in [6.07, 6.45) is 7.91. The van der Waals surface area contributed by atoms with E-state index in [-0.39, 0.29) is 18.5 Å². The average molecular weight is 497 g/mol. The molecule has 0 aliphatic carbocycles. The van der Waals surface area contributed by atoms with Gasteiger partial charge in [0.2, 0.25) is 10.0 Å². The molecule has 3 aromatic heterocycles. The van der Waals surface area contributed by atoms with E-state index in [0.717, 1.165) is 42.0 Å². The number of carbonyl (C=O) groups excluding carboxylic acids is 1. The number of fused-ring (bicyclic) bond motifs is 1. The minimum absolute atomic E-state index is 0.0413. The molecule has 1 saturated heterocycles. The lowest BCUT2D eigenvalue weighted by Gasteiger charge is -2.34. The summed E-state index contributed by atoms with van der Waals surface area (Å²) < 4.78 is 27.2. The molecule has 0 aromatic carbocycles. The summed E-state index contributed by atoms with van der Waals surface area (Å²) in [6, 6.07) is 5.44. The number of anilines is 2. The van der Waals surface area contributed by atoms with Crippen molar-refractivity contribution in [1.82, 2.24) is 29.2 Å². The van der Waals surface area contributed by atoms with Gasteiger partial charge < -0.3 is 16.0 Å². The standard InChI is InChI=1S/C23H28N8O3S/c1-15-10-16(5-7-25-15)23(32)28-18-4-3-8-29(13-18)20-11-19(31-21(20)22(24)26-14-27-31)17-6-9-30(12-17)35(2,33)34/h5-7,10-11,14,18H,3-4,8-9,12-13H2,1-2H3,(H,28,32)(H2,24,26,27)/t18-/m1/s1. The van der Waals surface area contributed by atoms with E-state index in [0.29, 0.717) is 30.0 Å². The van der Waals surface area contributed by atoms with Gasteiger partial charge >= 0.3 is 0 Å². The largest absolute Gasteiger partial charge is 0.382 e. The highest BCUT2D eigenvalue weighted by atomic mass is 32.2. The molecule has 0 radical (unpaired) electrons. The Kier molecular flexibility index (Phi) is 5.93. The number of nitrogen functional groups attached to an aromatic ring is 1. The highest BCUT2D eigenvalue weighted by molar-refractivity contribution is 7.88. The number of carbonyl (C=O) groups is 1. The Balaban J connectivity index is 1.42. The van der Waals surface area contributed by atoms with Gasteiger partial charge in [-0.2, -0.15) is 9.40 Å². The third-order valence-electron chi connectivity index (χ3n) is 6.50.